The van der Waals surface area contributed by atoms with Gasteiger partial charge in [0.15, 0.2) is 11.5 Å². The Morgan fingerprint density at radius 3 is 2.47 bits per heavy atom. The number of hydrazone groups is 1. The van der Waals surface area contributed by atoms with E-state index in [1.807, 2.05) is 50.2 Å². The van der Waals surface area contributed by atoms with Gasteiger partial charge in [-0.25, -0.2) is 5.43 Å². The summed E-state index contributed by atoms with van der Waals surface area (Å²) in [4.78, 5) is 12.4. The Kier molecular flexibility index (Phi) is 8.54. The summed E-state index contributed by atoms with van der Waals surface area (Å²) in [6, 6.07) is 27.0. The van der Waals surface area contributed by atoms with Crippen LogP contribution in [0.4, 0.5) is 0 Å². The van der Waals surface area contributed by atoms with Crippen LogP contribution in [0.1, 0.15) is 41.8 Å². The molecule has 0 fully saturated rings. The lowest BCUT2D eigenvalue weighted by Crippen LogP contribution is -2.17. The van der Waals surface area contributed by atoms with Crippen LogP contribution in [0.2, 0.25) is 0 Å². The highest BCUT2D eigenvalue weighted by molar-refractivity contribution is 5.95. The average Bonchev–Trinajstić information content (AvgIpc) is 2.92. The summed E-state index contributed by atoms with van der Waals surface area (Å²) in [7, 11) is 0. The number of rotatable bonds is 11. The summed E-state index contributed by atoms with van der Waals surface area (Å²) >= 11 is 0. The highest BCUT2D eigenvalue weighted by atomic mass is 16.5. The predicted molar refractivity (Wildman–Crippen MR) is 143 cm³/mol. The van der Waals surface area contributed by atoms with Crippen molar-refractivity contribution in [2.75, 3.05) is 13.2 Å². The van der Waals surface area contributed by atoms with Gasteiger partial charge in [0.25, 0.3) is 5.91 Å². The molecular formula is C30H30N2O4. The average molecular weight is 483 g/mol. The first-order chi connectivity index (χ1) is 17.7. The number of hydrogen-bond acceptors (Lipinski definition) is 5. The zero-order valence-electron chi connectivity index (χ0n) is 20.6. The third-order valence-electron chi connectivity index (χ3n) is 5.50. The molecule has 0 aliphatic carbocycles. The fourth-order valence-electron chi connectivity index (χ4n) is 3.72. The fourth-order valence-corrected chi connectivity index (χ4v) is 3.72. The van der Waals surface area contributed by atoms with E-state index in [2.05, 4.69) is 34.8 Å². The minimum atomic E-state index is -0.298. The van der Waals surface area contributed by atoms with Gasteiger partial charge >= 0.3 is 0 Å². The van der Waals surface area contributed by atoms with Gasteiger partial charge in [-0.05, 0) is 77.7 Å². The number of carbonyl (C=O) groups excluding carboxylic acids is 1. The quantitative estimate of drug-likeness (QED) is 0.199. The lowest BCUT2D eigenvalue weighted by Gasteiger charge is -2.13. The van der Waals surface area contributed by atoms with Crippen LogP contribution < -0.4 is 19.6 Å². The number of nitrogens with one attached hydrogen (secondary N) is 1. The molecule has 0 aliphatic rings. The van der Waals surface area contributed by atoms with Gasteiger partial charge in [0, 0.05) is 5.56 Å². The van der Waals surface area contributed by atoms with Crippen molar-refractivity contribution in [1.29, 1.82) is 0 Å². The van der Waals surface area contributed by atoms with Crippen molar-refractivity contribution in [1.82, 2.24) is 5.43 Å². The summed E-state index contributed by atoms with van der Waals surface area (Å²) < 4.78 is 17.5. The minimum absolute atomic E-state index is 0.298. The third kappa shape index (κ3) is 6.42. The van der Waals surface area contributed by atoms with Crippen LogP contribution in [0.3, 0.4) is 0 Å². The maximum atomic E-state index is 12.4. The van der Waals surface area contributed by atoms with Crippen LogP contribution >= 0.6 is 0 Å². The van der Waals surface area contributed by atoms with Crippen molar-refractivity contribution >= 4 is 22.9 Å². The number of benzene rings is 4. The fraction of sp³-hybridized carbons (Fsp3) is 0.200. The Bertz CT molecular complexity index is 1330. The number of ether oxygens (including phenoxy) is 3. The number of fused-ring (bicyclic) bond motifs is 1. The standard InChI is InChI=1S/C30H30N2O4/c1-3-18-35-26-15-13-24(14-16-26)30(33)32-31-20-22-12-17-28(29(19-22)34-4-2)36-21-25-10-7-9-23-8-5-6-11-27(23)25/h5-17,19-20H,3-4,18,21H2,1-2H3,(H,32,33)/b31-20+. The molecule has 0 heterocycles. The third-order valence-corrected chi connectivity index (χ3v) is 5.50. The van der Waals surface area contributed by atoms with E-state index < -0.39 is 0 Å². The lowest BCUT2D eigenvalue weighted by molar-refractivity contribution is 0.0955. The summed E-state index contributed by atoms with van der Waals surface area (Å²) in [5, 5.41) is 6.44. The van der Waals surface area contributed by atoms with E-state index in [4.69, 9.17) is 14.2 Å². The predicted octanol–water partition coefficient (Wildman–Crippen LogP) is 6.37. The molecule has 4 rings (SSSR count). The maximum absolute atomic E-state index is 12.4. The lowest BCUT2D eigenvalue weighted by atomic mass is 10.1. The zero-order chi connectivity index (χ0) is 25.2. The molecule has 0 spiro atoms. The van der Waals surface area contributed by atoms with Crippen molar-refractivity contribution in [2.45, 2.75) is 26.9 Å². The summed E-state index contributed by atoms with van der Waals surface area (Å²) in [6.45, 7) is 5.54. The molecule has 36 heavy (non-hydrogen) atoms. The molecule has 1 N–H and O–H groups in total. The molecule has 0 atom stereocenters. The molecule has 6 nitrogen and oxygen atoms in total. The van der Waals surface area contributed by atoms with Gasteiger partial charge in [0.2, 0.25) is 0 Å². The van der Waals surface area contributed by atoms with E-state index in [1.165, 1.54) is 10.8 Å². The number of hydrogen-bond donors (Lipinski definition) is 1. The summed E-state index contributed by atoms with van der Waals surface area (Å²) in [6.07, 6.45) is 2.51. The Morgan fingerprint density at radius 1 is 0.861 bits per heavy atom. The molecule has 0 unspecified atom stereocenters. The summed E-state index contributed by atoms with van der Waals surface area (Å²) in [5.74, 6) is 1.71. The first kappa shape index (κ1) is 24.8. The summed E-state index contributed by atoms with van der Waals surface area (Å²) in [5.41, 5.74) is 4.94. The van der Waals surface area contributed by atoms with Crippen molar-refractivity contribution in [2.24, 2.45) is 5.10 Å². The van der Waals surface area contributed by atoms with Crippen LogP contribution in [0.15, 0.2) is 90.0 Å². The van der Waals surface area contributed by atoms with Crippen molar-refractivity contribution < 1.29 is 19.0 Å². The largest absolute Gasteiger partial charge is 0.494 e. The van der Waals surface area contributed by atoms with Gasteiger partial charge in [0.05, 0.1) is 19.4 Å². The minimum Gasteiger partial charge on any atom is -0.494 e. The topological polar surface area (TPSA) is 69.2 Å². The van der Waals surface area contributed by atoms with Crippen LogP contribution in [-0.2, 0) is 6.61 Å². The molecule has 4 aromatic carbocycles. The van der Waals surface area contributed by atoms with Crippen molar-refractivity contribution in [3.63, 3.8) is 0 Å². The highest BCUT2D eigenvalue weighted by Crippen LogP contribution is 2.30. The van der Waals surface area contributed by atoms with Gasteiger partial charge in [-0.3, -0.25) is 4.79 Å². The molecule has 1 amide bonds. The number of amides is 1. The van der Waals surface area contributed by atoms with Gasteiger partial charge in [-0.1, -0.05) is 49.4 Å². The van der Waals surface area contributed by atoms with Crippen molar-refractivity contribution in [3.05, 3.63) is 102 Å². The maximum Gasteiger partial charge on any atom is 0.271 e. The Balaban J connectivity index is 1.40. The van der Waals surface area contributed by atoms with E-state index in [0.717, 1.165) is 23.3 Å². The number of nitrogens with zero attached hydrogens (tertiary/aromatic N) is 1. The molecule has 6 heteroatoms. The van der Waals surface area contributed by atoms with E-state index in [-0.39, 0.29) is 5.91 Å². The molecular weight excluding hydrogens is 452 g/mol. The van der Waals surface area contributed by atoms with Crippen molar-refractivity contribution in [3.8, 4) is 17.2 Å². The van der Waals surface area contributed by atoms with E-state index in [9.17, 15) is 4.79 Å². The van der Waals surface area contributed by atoms with Gasteiger partial charge in [-0.2, -0.15) is 5.10 Å². The highest BCUT2D eigenvalue weighted by Gasteiger charge is 2.09. The Hall–Kier alpha value is -4.32. The van der Waals surface area contributed by atoms with E-state index in [1.54, 1.807) is 30.5 Å². The smallest absolute Gasteiger partial charge is 0.271 e. The van der Waals surface area contributed by atoms with Crippen LogP contribution in [0.5, 0.6) is 17.2 Å². The van der Waals surface area contributed by atoms with Gasteiger partial charge in [0.1, 0.15) is 12.4 Å². The SMILES string of the molecule is CCCOc1ccc(C(=O)N/N=C/c2ccc(OCc3cccc4ccccc34)c(OCC)c2)cc1. The Labute approximate surface area is 211 Å². The first-order valence-corrected chi connectivity index (χ1v) is 12.1. The molecule has 4 aromatic rings. The normalized spacial score (nSPS) is 10.9. The van der Waals surface area contributed by atoms with Crippen LogP contribution in [0.25, 0.3) is 10.8 Å². The zero-order valence-corrected chi connectivity index (χ0v) is 20.6. The molecule has 0 bridgehead atoms. The molecule has 0 saturated heterocycles. The van der Waals surface area contributed by atoms with Crippen LogP contribution in [-0.4, -0.2) is 25.3 Å². The Morgan fingerprint density at radius 2 is 1.67 bits per heavy atom. The second-order valence-electron chi connectivity index (χ2n) is 8.14. The molecule has 0 aliphatic heterocycles. The molecule has 184 valence electrons. The molecule has 0 saturated carbocycles. The second-order valence-corrected chi connectivity index (χ2v) is 8.14. The second kappa shape index (κ2) is 12.4. The monoisotopic (exact) mass is 482 g/mol. The van der Waals surface area contributed by atoms with E-state index in [0.29, 0.717) is 36.9 Å². The van der Waals surface area contributed by atoms with Gasteiger partial charge < -0.3 is 14.2 Å². The molecule has 0 aromatic heterocycles. The number of carbonyl (C=O) groups is 1. The first-order valence-electron chi connectivity index (χ1n) is 12.1. The molecule has 0 radical (unpaired) electrons. The van der Waals surface area contributed by atoms with E-state index >= 15 is 0 Å². The van der Waals surface area contributed by atoms with Gasteiger partial charge in [-0.15, -0.1) is 0 Å². The van der Waals surface area contributed by atoms with Crippen LogP contribution in [0, 0.1) is 0 Å².